The third-order valence-electron chi connectivity index (χ3n) is 6.25. The highest BCUT2D eigenvalue weighted by atomic mass is 15.2. The van der Waals surface area contributed by atoms with Crippen LogP contribution in [0.2, 0.25) is 0 Å². The van der Waals surface area contributed by atoms with Gasteiger partial charge < -0.3 is 15.2 Å². The van der Waals surface area contributed by atoms with E-state index >= 15 is 0 Å². The number of imidazole rings is 1. The summed E-state index contributed by atoms with van der Waals surface area (Å²) in [6.07, 6.45) is 12.9. The molecule has 0 amide bonds. The maximum atomic E-state index is 6.01. The summed E-state index contributed by atoms with van der Waals surface area (Å²) in [5, 5.41) is 0. The third kappa shape index (κ3) is 3.34. The lowest BCUT2D eigenvalue weighted by Gasteiger charge is -2.35. The van der Waals surface area contributed by atoms with Crippen LogP contribution in [0.15, 0.2) is 24.8 Å². The van der Waals surface area contributed by atoms with E-state index in [9.17, 15) is 0 Å². The molecule has 0 unspecified atom stereocenters. The Bertz CT molecular complexity index is 740. The zero-order valence-electron chi connectivity index (χ0n) is 15.3. The number of anilines is 1. The van der Waals surface area contributed by atoms with Crippen LogP contribution >= 0.6 is 0 Å². The summed E-state index contributed by atoms with van der Waals surface area (Å²) in [7, 11) is 0. The van der Waals surface area contributed by atoms with E-state index in [4.69, 9.17) is 15.7 Å². The van der Waals surface area contributed by atoms with E-state index in [1.165, 1.54) is 31.4 Å². The minimum atomic E-state index is 0.363. The standard InChI is InChI=1S/C20H28N6/c21-17-9-16(10-17)18-11-19(24-20(23-18)15-1-2-15)26-6-3-14(4-7-26)12-25-8-5-22-13-25/h5,8,11,13-17H,1-4,6-7,9-10,12,21H2. The molecular formula is C20H28N6. The van der Waals surface area contributed by atoms with Crippen LogP contribution in [0.3, 0.4) is 0 Å². The van der Waals surface area contributed by atoms with Gasteiger partial charge in [-0.3, -0.25) is 0 Å². The lowest BCUT2D eigenvalue weighted by atomic mass is 9.78. The molecule has 5 rings (SSSR count). The second-order valence-electron chi connectivity index (χ2n) is 8.40. The summed E-state index contributed by atoms with van der Waals surface area (Å²) in [5.74, 6) is 4.11. The maximum Gasteiger partial charge on any atom is 0.134 e. The molecule has 138 valence electrons. The van der Waals surface area contributed by atoms with Gasteiger partial charge in [0.1, 0.15) is 11.6 Å². The van der Waals surface area contributed by atoms with Crippen LogP contribution in [0.1, 0.15) is 61.9 Å². The number of piperidine rings is 1. The van der Waals surface area contributed by atoms with Gasteiger partial charge in [-0.15, -0.1) is 0 Å². The zero-order valence-corrected chi connectivity index (χ0v) is 15.3. The lowest BCUT2D eigenvalue weighted by Crippen LogP contribution is -2.37. The first-order valence-corrected chi connectivity index (χ1v) is 10.1. The Hall–Kier alpha value is -1.95. The van der Waals surface area contributed by atoms with Crippen molar-refractivity contribution in [2.75, 3.05) is 18.0 Å². The molecule has 3 heterocycles. The van der Waals surface area contributed by atoms with Gasteiger partial charge in [-0.2, -0.15) is 0 Å². The monoisotopic (exact) mass is 352 g/mol. The van der Waals surface area contributed by atoms with E-state index in [0.717, 1.165) is 50.0 Å². The number of aromatic nitrogens is 4. The van der Waals surface area contributed by atoms with Crippen LogP contribution < -0.4 is 10.6 Å². The van der Waals surface area contributed by atoms with Crippen molar-refractivity contribution in [2.24, 2.45) is 11.7 Å². The quantitative estimate of drug-likeness (QED) is 0.896. The smallest absolute Gasteiger partial charge is 0.134 e. The number of hydrogen-bond acceptors (Lipinski definition) is 5. The Balaban J connectivity index is 1.29. The predicted molar refractivity (Wildman–Crippen MR) is 101 cm³/mol. The van der Waals surface area contributed by atoms with E-state index in [1.54, 1.807) is 0 Å². The SMILES string of the molecule is NC1CC(c2cc(N3CCC(Cn4ccnc4)CC3)nc(C3CC3)n2)C1. The van der Waals surface area contributed by atoms with E-state index in [1.807, 2.05) is 12.5 Å². The predicted octanol–water partition coefficient (Wildman–Crippen LogP) is 2.67. The van der Waals surface area contributed by atoms with Crippen molar-refractivity contribution in [2.45, 2.75) is 62.9 Å². The van der Waals surface area contributed by atoms with E-state index in [2.05, 4.69) is 26.7 Å². The van der Waals surface area contributed by atoms with Crippen molar-refractivity contribution in [3.05, 3.63) is 36.3 Å². The Labute approximate surface area is 154 Å². The summed E-state index contributed by atoms with van der Waals surface area (Å²) < 4.78 is 2.20. The highest BCUT2D eigenvalue weighted by Crippen LogP contribution is 2.41. The molecule has 0 aromatic carbocycles. The van der Waals surface area contributed by atoms with Gasteiger partial charge in [-0.1, -0.05) is 0 Å². The number of hydrogen-bond donors (Lipinski definition) is 1. The van der Waals surface area contributed by atoms with Gasteiger partial charge in [-0.25, -0.2) is 15.0 Å². The van der Waals surface area contributed by atoms with Crippen molar-refractivity contribution < 1.29 is 0 Å². The second kappa shape index (κ2) is 6.65. The molecule has 3 fully saturated rings. The minimum Gasteiger partial charge on any atom is -0.356 e. The molecule has 2 saturated carbocycles. The van der Waals surface area contributed by atoms with Crippen molar-refractivity contribution in [3.8, 4) is 0 Å². The van der Waals surface area contributed by atoms with Crippen LogP contribution in [0.4, 0.5) is 5.82 Å². The largest absolute Gasteiger partial charge is 0.356 e. The Morgan fingerprint density at radius 2 is 1.85 bits per heavy atom. The summed E-state index contributed by atoms with van der Waals surface area (Å²) in [4.78, 5) is 16.5. The molecule has 2 aromatic heterocycles. The third-order valence-corrected chi connectivity index (χ3v) is 6.25. The Morgan fingerprint density at radius 3 is 2.50 bits per heavy atom. The molecule has 0 bridgehead atoms. The first-order valence-electron chi connectivity index (χ1n) is 10.1. The molecule has 3 aliphatic rings. The Kier molecular flexibility index (Phi) is 4.15. The molecule has 0 atom stereocenters. The fourth-order valence-corrected chi connectivity index (χ4v) is 4.31. The van der Waals surface area contributed by atoms with Crippen LogP contribution in [0.5, 0.6) is 0 Å². The van der Waals surface area contributed by atoms with Crippen molar-refractivity contribution in [3.63, 3.8) is 0 Å². The topological polar surface area (TPSA) is 72.9 Å². The summed E-state index contributed by atoms with van der Waals surface area (Å²) in [6, 6.07) is 2.61. The summed E-state index contributed by atoms with van der Waals surface area (Å²) >= 11 is 0. The number of rotatable bonds is 5. The van der Waals surface area contributed by atoms with Gasteiger partial charge in [0.15, 0.2) is 0 Å². The molecular weight excluding hydrogens is 324 g/mol. The first kappa shape index (κ1) is 16.2. The van der Waals surface area contributed by atoms with Crippen LogP contribution in [-0.4, -0.2) is 38.7 Å². The van der Waals surface area contributed by atoms with Gasteiger partial charge in [0.25, 0.3) is 0 Å². The van der Waals surface area contributed by atoms with Gasteiger partial charge in [0, 0.05) is 61.7 Å². The minimum absolute atomic E-state index is 0.363. The molecule has 1 saturated heterocycles. The molecule has 0 spiro atoms. The van der Waals surface area contributed by atoms with Crippen LogP contribution in [0, 0.1) is 5.92 Å². The molecule has 2 aliphatic carbocycles. The molecule has 2 aromatic rings. The van der Waals surface area contributed by atoms with E-state index in [-0.39, 0.29) is 0 Å². The molecule has 2 N–H and O–H groups in total. The number of nitrogens with zero attached hydrogens (tertiary/aromatic N) is 5. The van der Waals surface area contributed by atoms with Crippen molar-refractivity contribution in [1.82, 2.24) is 19.5 Å². The highest BCUT2D eigenvalue weighted by molar-refractivity contribution is 5.42. The fraction of sp³-hybridized carbons (Fsp3) is 0.650. The second-order valence-corrected chi connectivity index (χ2v) is 8.40. The summed E-state index contributed by atoms with van der Waals surface area (Å²) in [6.45, 7) is 3.25. The molecule has 1 aliphatic heterocycles. The molecule has 6 nitrogen and oxygen atoms in total. The normalized spacial score (nSPS) is 26.7. The van der Waals surface area contributed by atoms with Crippen molar-refractivity contribution in [1.29, 1.82) is 0 Å². The average molecular weight is 352 g/mol. The van der Waals surface area contributed by atoms with Gasteiger partial charge in [-0.05, 0) is 44.4 Å². The van der Waals surface area contributed by atoms with Crippen LogP contribution in [-0.2, 0) is 6.54 Å². The number of nitrogens with two attached hydrogens (primary N) is 1. The lowest BCUT2D eigenvalue weighted by molar-refractivity contribution is 0.343. The average Bonchev–Trinajstić information content (AvgIpc) is 3.37. The molecule has 6 heteroatoms. The zero-order chi connectivity index (χ0) is 17.5. The van der Waals surface area contributed by atoms with E-state index in [0.29, 0.717) is 17.9 Å². The van der Waals surface area contributed by atoms with Gasteiger partial charge >= 0.3 is 0 Å². The molecule has 26 heavy (non-hydrogen) atoms. The van der Waals surface area contributed by atoms with E-state index < -0.39 is 0 Å². The van der Waals surface area contributed by atoms with Gasteiger partial charge in [0.05, 0.1) is 6.33 Å². The Morgan fingerprint density at radius 1 is 1.04 bits per heavy atom. The maximum absolute atomic E-state index is 6.01. The fourth-order valence-electron chi connectivity index (χ4n) is 4.31. The van der Waals surface area contributed by atoms with Crippen molar-refractivity contribution >= 4 is 5.82 Å². The van der Waals surface area contributed by atoms with Crippen LogP contribution in [0.25, 0.3) is 0 Å². The van der Waals surface area contributed by atoms with Gasteiger partial charge in [0.2, 0.25) is 0 Å². The first-order chi connectivity index (χ1) is 12.7. The summed E-state index contributed by atoms with van der Waals surface area (Å²) in [5.41, 5.74) is 7.24. The molecule has 0 radical (unpaired) electrons. The highest BCUT2D eigenvalue weighted by Gasteiger charge is 2.33.